The summed E-state index contributed by atoms with van der Waals surface area (Å²) >= 11 is 0. The Morgan fingerprint density at radius 2 is 2.11 bits per heavy atom. The standard InChI is InChI=1S/C11H12F3N3O/c1-18-7-2-3-9-8(6-7)16-10(15)17(9)5-4-11(12,13)14/h2-3,6H,4-5H2,1H3,(H2,15,16). The van der Waals surface area contributed by atoms with Crippen LogP contribution in [-0.2, 0) is 6.54 Å². The fourth-order valence-corrected chi connectivity index (χ4v) is 1.73. The van der Waals surface area contributed by atoms with Crippen molar-refractivity contribution >= 4 is 17.0 Å². The van der Waals surface area contributed by atoms with E-state index in [0.29, 0.717) is 16.8 Å². The molecule has 1 aromatic carbocycles. The van der Waals surface area contributed by atoms with Crippen molar-refractivity contribution in [3.8, 4) is 5.75 Å². The second kappa shape index (κ2) is 4.40. The van der Waals surface area contributed by atoms with E-state index in [1.165, 1.54) is 11.7 Å². The molecule has 0 fully saturated rings. The Kier molecular flexibility index (Phi) is 3.06. The van der Waals surface area contributed by atoms with Crippen molar-refractivity contribution in [2.45, 2.75) is 19.1 Å². The number of benzene rings is 1. The molecule has 2 aromatic rings. The molecule has 0 saturated carbocycles. The molecule has 2 N–H and O–H groups in total. The van der Waals surface area contributed by atoms with Gasteiger partial charge in [-0.25, -0.2) is 4.98 Å². The lowest BCUT2D eigenvalue weighted by Crippen LogP contribution is -2.13. The summed E-state index contributed by atoms with van der Waals surface area (Å²) < 4.78 is 43.0. The van der Waals surface area contributed by atoms with Gasteiger partial charge in [0.2, 0.25) is 5.95 Å². The number of imidazole rings is 1. The zero-order valence-corrected chi connectivity index (χ0v) is 9.66. The Morgan fingerprint density at radius 1 is 1.39 bits per heavy atom. The Morgan fingerprint density at radius 3 is 2.72 bits per heavy atom. The van der Waals surface area contributed by atoms with Crippen LogP contribution >= 0.6 is 0 Å². The van der Waals surface area contributed by atoms with Gasteiger partial charge < -0.3 is 15.0 Å². The number of methoxy groups -OCH3 is 1. The topological polar surface area (TPSA) is 53.1 Å². The summed E-state index contributed by atoms with van der Waals surface area (Å²) in [7, 11) is 1.51. The van der Waals surface area contributed by atoms with E-state index in [1.54, 1.807) is 18.2 Å². The van der Waals surface area contributed by atoms with Crippen LogP contribution in [-0.4, -0.2) is 22.8 Å². The number of rotatable bonds is 3. The third-order valence-electron chi connectivity index (χ3n) is 2.60. The van der Waals surface area contributed by atoms with Gasteiger partial charge in [0.05, 0.1) is 24.6 Å². The lowest BCUT2D eigenvalue weighted by molar-refractivity contribution is -0.136. The summed E-state index contributed by atoms with van der Waals surface area (Å²) in [4.78, 5) is 4.02. The molecule has 0 radical (unpaired) electrons. The fourth-order valence-electron chi connectivity index (χ4n) is 1.73. The molecular weight excluding hydrogens is 247 g/mol. The number of ether oxygens (including phenoxy) is 1. The van der Waals surface area contributed by atoms with Crippen molar-refractivity contribution < 1.29 is 17.9 Å². The molecule has 4 nitrogen and oxygen atoms in total. The summed E-state index contributed by atoms with van der Waals surface area (Å²) in [5.74, 6) is 0.658. The quantitative estimate of drug-likeness (QED) is 0.921. The zero-order valence-electron chi connectivity index (χ0n) is 9.66. The molecule has 0 aliphatic carbocycles. The molecule has 0 saturated heterocycles. The number of nitrogens with two attached hydrogens (primary N) is 1. The predicted molar refractivity (Wildman–Crippen MR) is 61.4 cm³/mol. The fraction of sp³-hybridized carbons (Fsp3) is 0.364. The summed E-state index contributed by atoms with van der Waals surface area (Å²) in [6.07, 6.45) is -5.15. The summed E-state index contributed by atoms with van der Waals surface area (Å²) in [6, 6.07) is 4.94. The molecule has 7 heteroatoms. The van der Waals surface area contributed by atoms with Gasteiger partial charge >= 0.3 is 6.18 Å². The van der Waals surface area contributed by atoms with Crippen LogP contribution in [0.1, 0.15) is 6.42 Å². The Labute approximate surface area is 101 Å². The number of hydrogen-bond acceptors (Lipinski definition) is 3. The van der Waals surface area contributed by atoms with Crippen molar-refractivity contribution in [1.82, 2.24) is 9.55 Å². The lowest BCUT2D eigenvalue weighted by atomic mass is 10.3. The SMILES string of the molecule is COc1ccc2c(c1)nc(N)n2CCC(F)(F)F. The average Bonchev–Trinajstić information content (AvgIpc) is 2.60. The molecule has 1 aromatic heterocycles. The molecular formula is C11H12F3N3O. The molecule has 0 amide bonds. The van der Waals surface area contributed by atoms with E-state index in [9.17, 15) is 13.2 Å². The van der Waals surface area contributed by atoms with Crippen LogP contribution in [0.5, 0.6) is 5.75 Å². The Bertz CT molecular complexity index is 562. The number of aryl methyl sites for hydroxylation is 1. The molecule has 0 bridgehead atoms. The van der Waals surface area contributed by atoms with Gasteiger partial charge in [0.15, 0.2) is 0 Å². The Hall–Kier alpha value is -1.92. The van der Waals surface area contributed by atoms with Crippen LogP contribution in [0.4, 0.5) is 19.1 Å². The average molecular weight is 259 g/mol. The van der Waals surface area contributed by atoms with Gasteiger partial charge in [-0.2, -0.15) is 13.2 Å². The lowest BCUT2D eigenvalue weighted by Gasteiger charge is -2.09. The van der Waals surface area contributed by atoms with Gasteiger partial charge in [-0.3, -0.25) is 0 Å². The molecule has 98 valence electrons. The van der Waals surface area contributed by atoms with Crippen LogP contribution in [0.15, 0.2) is 18.2 Å². The number of aromatic nitrogens is 2. The first-order chi connectivity index (χ1) is 8.40. The third-order valence-corrected chi connectivity index (χ3v) is 2.60. The van der Waals surface area contributed by atoms with E-state index in [1.807, 2.05) is 0 Å². The van der Waals surface area contributed by atoms with E-state index < -0.39 is 12.6 Å². The zero-order chi connectivity index (χ0) is 13.3. The number of nitrogen functional groups attached to an aromatic ring is 1. The minimum absolute atomic E-state index is 0.0718. The normalized spacial score (nSPS) is 12.0. The highest BCUT2D eigenvalue weighted by Gasteiger charge is 2.27. The number of hydrogen-bond donors (Lipinski definition) is 1. The van der Waals surface area contributed by atoms with E-state index in [0.717, 1.165) is 0 Å². The van der Waals surface area contributed by atoms with Gasteiger partial charge in [0.25, 0.3) is 0 Å². The van der Waals surface area contributed by atoms with Crippen LogP contribution in [0, 0.1) is 0 Å². The number of halogens is 3. The largest absolute Gasteiger partial charge is 0.497 e. The van der Waals surface area contributed by atoms with Gasteiger partial charge in [-0.15, -0.1) is 0 Å². The van der Waals surface area contributed by atoms with Crippen LogP contribution in [0.25, 0.3) is 11.0 Å². The minimum atomic E-state index is -4.21. The maximum absolute atomic E-state index is 12.2. The number of anilines is 1. The molecule has 2 rings (SSSR count). The van der Waals surface area contributed by atoms with E-state index in [-0.39, 0.29) is 12.5 Å². The van der Waals surface area contributed by atoms with E-state index >= 15 is 0 Å². The second-order valence-electron chi connectivity index (χ2n) is 3.84. The molecule has 0 spiro atoms. The first kappa shape index (κ1) is 12.5. The highest BCUT2D eigenvalue weighted by Crippen LogP contribution is 2.26. The van der Waals surface area contributed by atoms with E-state index in [4.69, 9.17) is 10.5 Å². The molecule has 0 aliphatic heterocycles. The number of alkyl halides is 3. The Balaban J connectivity index is 2.35. The van der Waals surface area contributed by atoms with E-state index in [2.05, 4.69) is 4.98 Å². The first-order valence-corrected chi connectivity index (χ1v) is 5.27. The van der Waals surface area contributed by atoms with Gasteiger partial charge in [0.1, 0.15) is 5.75 Å². The molecule has 0 atom stereocenters. The van der Waals surface area contributed by atoms with Crippen molar-refractivity contribution in [3.63, 3.8) is 0 Å². The van der Waals surface area contributed by atoms with Crippen molar-refractivity contribution in [2.24, 2.45) is 0 Å². The summed E-state index contributed by atoms with van der Waals surface area (Å²) in [5.41, 5.74) is 6.71. The predicted octanol–water partition coefficient (Wildman–Crippen LogP) is 2.58. The van der Waals surface area contributed by atoms with Crippen LogP contribution < -0.4 is 10.5 Å². The maximum atomic E-state index is 12.2. The van der Waals surface area contributed by atoms with Crippen molar-refractivity contribution in [3.05, 3.63) is 18.2 Å². The second-order valence-corrected chi connectivity index (χ2v) is 3.84. The molecule has 0 aliphatic rings. The number of nitrogens with zero attached hydrogens (tertiary/aromatic N) is 2. The van der Waals surface area contributed by atoms with Gasteiger partial charge in [0, 0.05) is 12.6 Å². The molecule has 1 heterocycles. The highest BCUT2D eigenvalue weighted by molar-refractivity contribution is 5.79. The van der Waals surface area contributed by atoms with Crippen LogP contribution in [0.2, 0.25) is 0 Å². The molecule has 18 heavy (non-hydrogen) atoms. The van der Waals surface area contributed by atoms with Gasteiger partial charge in [-0.1, -0.05) is 0 Å². The summed E-state index contributed by atoms with van der Waals surface area (Å²) in [5, 5.41) is 0. The summed E-state index contributed by atoms with van der Waals surface area (Å²) in [6.45, 7) is -0.238. The van der Waals surface area contributed by atoms with Crippen LogP contribution in [0.3, 0.4) is 0 Å². The first-order valence-electron chi connectivity index (χ1n) is 5.27. The van der Waals surface area contributed by atoms with Crippen molar-refractivity contribution in [2.75, 3.05) is 12.8 Å². The third kappa shape index (κ3) is 2.49. The van der Waals surface area contributed by atoms with Gasteiger partial charge in [-0.05, 0) is 12.1 Å². The number of fused-ring (bicyclic) bond motifs is 1. The highest BCUT2D eigenvalue weighted by atomic mass is 19.4. The van der Waals surface area contributed by atoms with Crippen molar-refractivity contribution in [1.29, 1.82) is 0 Å². The minimum Gasteiger partial charge on any atom is -0.497 e. The monoisotopic (exact) mass is 259 g/mol. The maximum Gasteiger partial charge on any atom is 0.390 e. The smallest absolute Gasteiger partial charge is 0.390 e. The molecule has 0 unspecified atom stereocenters.